The van der Waals surface area contributed by atoms with Crippen molar-refractivity contribution in [1.82, 2.24) is 4.90 Å². The van der Waals surface area contributed by atoms with Crippen molar-refractivity contribution in [2.24, 2.45) is 0 Å². The van der Waals surface area contributed by atoms with Crippen LogP contribution in [0.2, 0.25) is 0 Å². The average Bonchev–Trinajstić information content (AvgIpc) is 2.96. The summed E-state index contributed by atoms with van der Waals surface area (Å²) in [6, 6.07) is 5.71. The molecule has 1 aliphatic carbocycles. The molecule has 3 nitrogen and oxygen atoms in total. The van der Waals surface area contributed by atoms with Gasteiger partial charge in [-0.15, -0.1) is 0 Å². The minimum absolute atomic E-state index is 0.0509. The van der Waals surface area contributed by atoms with Gasteiger partial charge in [-0.05, 0) is 24.5 Å². The van der Waals surface area contributed by atoms with Crippen molar-refractivity contribution in [3.63, 3.8) is 0 Å². The molecule has 1 aliphatic rings. The first-order valence-corrected chi connectivity index (χ1v) is 7.49. The lowest BCUT2D eigenvalue weighted by atomic mass is 10.0. The Bertz CT molecular complexity index is 510. The number of halogens is 3. The highest BCUT2D eigenvalue weighted by Crippen LogP contribution is 2.33. The molecule has 6 heteroatoms. The van der Waals surface area contributed by atoms with Gasteiger partial charge in [-0.2, -0.15) is 13.2 Å². The van der Waals surface area contributed by atoms with E-state index in [2.05, 4.69) is 0 Å². The predicted octanol–water partition coefficient (Wildman–Crippen LogP) is 3.92. The maximum Gasteiger partial charge on any atom is 0.416 e. The van der Waals surface area contributed by atoms with Gasteiger partial charge < -0.3 is 5.11 Å². The van der Waals surface area contributed by atoms with Crippen LogP contribution < -0.4 is 0 Å². The molecular formula is C16H20F3NO2. The van der Waals surface area contributed by atoms with E-state index in [1.54, 1.807) is 6.07 Å². The van der Waals surface area contributed by atoms with Crippen LogP contribution in [0.15, 0.2) is 24.3 Å². The van der Waals surface area contributed by atoms with Gasteiger partial charge in [0.2, 0.25) is 0 Å². The summed E-state index contributed by atoms with van der Waals surface area (Å²) in [7, 11) is 0. The molecule has 1 N–H and O–H groups in total. The molecule has 2 rings (SSSR count). The molecule has 1 aromatic carbocycles. The summed E-state index contributed by atoms with van der Waals surface area (Å²) in [6.45, 7) is 0.430. The van der Waals surface area contributed by atoms with Gasteiger partial charge in [-0.25, -0.2) is 0 Å². The molecule has 0 amide bonds. The quantitative estimate of drug-likeness (QED) is 0.865. The largest absolute Gasteiger partial charge is 0.481 e. The van der Waals surface area contributed by atoms with Crippen molar-refractivity contribution in [1.29, 1.82) is 0 Å². The molecule has 0 bridgehead atoms. The fourth-order valence-corrected chi connectivity index (χ4v) is 3.05. The first-order chi connectivity index (χ1) is 10.4. The van der Waals surface area contributed by atoms with E-state index in [0.29, 0.717) is 0 Å². The van der Waals surface area contributed by atoms with Crippen LogP contribution in [0.1, 0.15) is 43.2 Å². The Hall–Kier alpha value is -1.56. The molecule has 0 radical (unpaired) electrons. The zero-order valence-corrected chi connectivity index (χ0v) is 12.3. The third-order valence-corrected chi connectivity index (χ3v) is 4.15. The maximum absolute atomic E-state index is 13.1. The van der Waals surface area contributed by atoms with Crippen LogP contribution in [0.25, 0.3) is 0 Å². The molecule has 1 aromatic rings. The molecule has 0 heterocycles. The van der Waals surface area contributed by atoms with Crippen molar-refractivity contribution in [2.45, 2.75) is 50.9 Å². The van der Waals surface area contributed by atoms with E-state index in [1.165, 1.54) is 12.1 Å². The van der Waals surface area contributed by atoms with Crippen LogP contribution in [0, 0.1) is 0 Å². The minimum atomic E-state index is -4.38. The van der Waals surface area contributed by atoms with E-state index < -0.39 is 17.7 Å². The fourth-order valence-electron chi connectivity index (χ4n) is 3.05. The lowest BCUT2D eigenvalue weighted by Gasteiger charge is -2.29. The van der Waals surface area contributed by atoms with Gasteiger partial charge in [-0.3, -0.25) is 9.69 Å². The fraction of sp³-hybridized carbons (Fsp3) is 0.562. The number of aliphatic carboxylic acids is 1. The third-order valence-electron chi connectivity index (χ3n) is 4.15. The number of nitrogens with zero attached hydrogens (tertiary/aromatic N) is 1. The third kappa shape index (κ3) is 4.47. The zero-order chi connectivity index (χ0) is 16.2. The molecule has 1 fully saturated rings. The number of hydrogen-bond donors (Lipinski definition) is 1. The highest BCUT2D eigenvalue weighted by molar-refractivity contribution is 5.66. The molecular weight excluding hydrogens is 295 g/mol. The Balaban J connectivity index is 2.17. The normalized spacial score (nSPS) is 16.4. The monoisotopic (exact) mass is 315 g/mol. The molecule has 0 aliphatic heterocycles. The van der Waals surface area contributed by atoms with Crippen molar-refractivity contribution in [2.75, 3.05) is 6.54 Å². The standard InChI is InChI=1S/C16H20F3NO2/c17-16(18,19)14-8-4-1-5-12(14)11-20(10-9-15(21)22)13-6-2-3-7-13/h1,4-5,8,13H,2-3,6-7,9-11H2,(H,21,22). The number of rotatable bonds is 6. The molecule has 0 atom stereocenters. The Morgan fingerprint density at radius 3 is 2.45 bits per heavy atom. The van der Waals surface area contributed by atoms with Gasteiger partial charge in [0.15, 0.2) is 0 Å². The number of alkyl halides is 3. The van der Waals surface area contributed by atoms with Gasteiger partial charge in [0.25, 0.3) is 0 Å². The summed E-state index contributed by atoms with van der Waals surface area (Å²) in [5.74, 6) is -0.924. The van der Waals surface area contributed by atoms with Crippen LogP contribution in [-0.4, -0.2) is 28.6 Å². The molecule has 1 saturated carbocycles. The molecule has 22 heavy (non-hydrogen) atoms. The van der Waals surface area contributed by atoms with Gasteiger partial charge in [-0.1, -0.05) is 31.0 Å². The smallest absolute Gasteiger partial charge is 0.416 e. The van der Waals surface area contributed by atoms with Crippen molar-refractivity contribution in [3.05, 3.63) is 35.4 Å². The van der Waals surface area contributed by atoms with E-state index in [4.69, 9.17) is 5.11 Å². The Morgan fingerprint density at radius 1 is 1.23 bits per heavy atom. The van der Waals surface area contributed by atoms with Gasteiger partial charge in [0, 0.05) is 19.1 Å². The summed E-state index contributed by atoms with van der Waals surface area (Å²) in [4.78, 5) is 12.7. The number of hydrogen-bond acceptors (Lipinski definition) is 2. The van der Waals surface area contributed by atoms with E-state index in [1.807, 2.05) is 4.90 Å². The molecule has 122 valence electrons. The molecule has 0 spiro atoms. The van der Waals surface area contributed by atoms with Crippen molar-refractivity contribution >= 4 is 5.97 Å². The lowest BCUT2D eigenvalue weighted by Crippen LogP contribution is -2.35. The summed E-state index contributed by atoms with van der Waals surface area (Å²) >= 11 is 0. The minimum Gasteiger partial charge on any atom is -0.481 e. The van der Waals surface area contributed by atoms with E-state index in [9.17, 15) is 18.0 Å². The van der Waals surface area contributed by atoms with E-state index >= 15 is 0 Å². The van der Waals surface area contributed by atoms with Crippen LogP contribution >= 0.6 is 0 Å². The van der Waals surface area contributed by atoms with Crippen LogP contribution in [0.4, 0.5) is 13.2 Å². The number of carboxylic acid groups (broad SMARTS) is 1. The molecule has 0 saturated heterocycles. The lowest BCUT2D eigenvalue weighted by molar-refractivity contribution is -0.139. The molecule has 0 unspecified atom stereocenters. The second-order valence-electron chi connectivity index (χ2n) is 5.71. The van der Waals surface area contributed by atoms with Crippen molar-refractivity contribution in [3.8, 4) is 0 Å². The summed E-state index contributed by atoms with van der Waals surface area (Å²) in [5.41, 5.74) is -0.416. The first kappa shape index (κ1) is 16.8. The SMILES string of the molecule is O=C(O)CCN(Cc1ccccc1C(F)(F)F)C1CCCC1. The summed E-state index contributed by atoms with van der Waals surface area (Å²) < 4.78 is 39.2. The summed E-state index contributed by atoms with van der Waals surface area (Å²) in [5, 5.41) is 8.85. The van der Waals surface area contributed by atoms with Crippen LogP contribution in [0.3, 0.4) is 0 Å². The highest BCUT2D eigenvalue weighted by Gasteiger charge is 2.34. The number of carbonyl (C=O) groups is 1. The predicted molar refractivity (Wildman–Crippen MR) is 76.4 cm³/mol. The maximum atomic E-state index is 13.1. The number of carboxylic acids is 1. The first-order valence-electron chi connectivity index (χ1n) is 7.49. The number of benzene rings is 1. The highest BCUT2D eigenvalue weighted by atomic mass is 19.4. The van der Waals surface area contributed by atoms with Gasteiger partial charge >= 0.3 is 12.1 Å². The van der Waals surface area contributed by atoms with E-state index in [-0.39, 0.29) is 31.1 Å². The van der Waals surface area contributed by atoms with Crippen molar-refractivity contribution < 1.29 is 23.1 Å². The Labute approximate surface area is 127 Å². The van der Waals surface area contributed by atoms with E-state index in [0.717, 1.165) is 31.7 Å². The van der Waals surface area contributed by atoms with Gasteiger partial charge in [0.1, 0.15) is 0 Å². The van der Waals surface area contributed by atoms with Gasteiger partial charge in [0.05, 0.1) is 12.0 Å². The summed E-state index contributed by atoms with van der Waals surface area (Å²) in [6.07, 6.45) is -0.485. The Kier molecular flexibility index (Phi) is 5.45. The average molecular weight is 315 g/mol. The Morgan fingerprint density at radius 2 is 1.86 bits per heavy atom. The second-order valence-corrected chi connectivity index (χ2v) is 5.71. The second kappa shape index (κ2) is 7.13. The van der Waals surface area contributed by atoms with Crippen LogP contribution in [0.5, 0.6) is 0 Å². The molecule has 0 aromatic heterocycles. The zero-order valence-electron chi connectivity index (χ0n) is 12.3. The topological polar surface area (TPSA) is 40.5 Å². The van der Waals surface area contributed by atoms with Crippen LogP contribution in [-0.2, 0) is 17.5 Å².